The van der Waals surface area contributed by atoms with Crippen LogP contribution in [0.5, 0.6) is 0 Å². The molecule has 1 aliphatic rings. The molecule has 0 radical (unpaired) electrons. The molecule has 1 fully saturated rings. The van der Waals surface area contributed by atoms with Crippen LogP contribution in [0.3, 0.4) is 0 Å². The minimum absolute atomic E-state index is 0.181. The molecule has 0 bridgehead atoms. The van der Waals surface area contributed by atoms with E-state index in [1.165, 1.54) is 0 Å². The number of allylic oxidation sites excluding steroid dienone is 1. The van der Waals surface area contributed by atoms with Crippen molar-refractivity contribution in [1.29, 1.82) is 0 Å². The minimum atomic E-state index is -3.05. The van der Waals surface area contributed by atoms with Gasteiger partial charge in [-0.3, -0.25) is 4.99 Å². The predicted octanol–water partition coefficient (Wildman–Crippen LogP) is 1.32. The molecule has 1 aliphatic heterocycles. The van der Waals surface area contributed by atoms with Gasteiger partial charge in [0.2, 0.25) is 10.0 Å². The fraction of sp³-hybridized carbons (Fsp3) is 0.800. The summed E-state index contributed by atoms with van der Waals surface area (Å²) in [6.07, 6.45) is 6.69. The van der Waals surface area contributed by atoms with Crippen molar-refractivity contribution >= 4 is 16.0 Å². The van der Waals surface area contributed by atoms with Crippen LogP contribution in [0.15, 0.2) is 17.1 Å². The third-order valence-corrected chi connectivity index (χ3v) is 5.58. The molecule has 0 unspecified atom stereocenters. The maximum Gasteiger partial charge on any atom is 0.213 e. The highest BCUT2D eigenvalue weighted by molar-refractivity contribution is 7.89. The molecule has 0 atom stereocenters. The Hall–Kier alpha value is -1.08. The molecule has 1 rings (SSSR count). The van der Waals surface area contributed by atoms with E-state index in [-0.39, 0.29) is 11.8 Å². The van der Waals surface area contributed by atoms with Crippen molar-refractivity contribution in [3.63, 3.8) is 0 Å². The number of piperidine rings is 1. The average molecular weight is 330 g/mol. The van der Waals surface area contributed by atoms with Crippen molar-refractivity contribution in [2.45, 2.75) is 46.1 Å². The van der Waals surface area contributed by atoms with E-state index in [4.69, 9.17) is 0 Å². The quantitative estimate of drug-likeness (QED) is 0.320. The van der Waals surface area contributed by atoms with Gasteiger partial charge in [-0.2, -0.15) is 0 Å². The topological polar surface area (TPSA) is 73.8 Å². The van der Waals surface area contributed by atoms with Crippen molar-refractivity contribution in [2.75, 3.05) is 31.9 Å². The van der Waals surface area contributed by atoms with Crippen LogP contribution < -0.4 is 10.6 Å². The van der Waals surface area contributed by atoms with Crippen LogP contribution in [0, 0.1) is 0 Å². The fourth-order valence-electron chi connectivity index (χ4n) is 2.39. The summed E-state index contributed by atoms with van der Waals surface area (Å²) in [7, 11) is -3.05. The molecule has 0 aliphatic carbocycles. The third-order valence-electron chi connectivity index (χ3n) is 3.70. The molecule has 22 heavy (non-hydrogen) atoms. The molecule has 0 aromatic rings. The maximum absolute atomic E-state index is 11.9. The van der Waals surface area contributed by atoms with Crippen molar-refractivity contribution in [1.82, 2.24) is 14.9 Å². The van der Waals surface area contributed by atoms with Crippen molar-refractivity contribution in [2.24, 2.45) is 4.99 Å². The lowest BCUT2D eigenvalue weighted by molar-refractivity contribution is 0.306. The normalized spacial score (nSPS) is 18.8. The van der Waals surface area contributed by atoms with Crippen LogP contribution in [-0.2, 0) is 10.0 Å². The summed E-state index contributed by atoms with van der Waals surface area (Å²) in [6.45, 7) is 8.49. The van der Waals surface area contributed by atoms with Gasteiger partial charge in [0.25, 0.3) is 0 Å². The molecule has 0 spiro atoms. The molecule has 6 nitrogen and oxygen atoms in total. The van der Waals surface area contributed by atoms with Crippen molar-refractivity contribution < 1.29 is 8.42 Å². The highest BCUT2D eigenvalue weighted by Crippen LogP contribution is 2.14. The summed E-state index contributed by atoms with van der Waals surface area (Å²) in [4.78, 5) is 4.54. The number of hydrogen-bond acceptors (Lipinski definition) is 3. The Bertz CT molecular complexity index is 466. The Morgan fingerprint density at radius 3 is 2.55 bits per heavy atom. The van der Waals surface area contributed by atoms with Gasteiger partial charge in [0.15, 0.2) is 5.96 Å². The van der Waals surface area contributed by atoms with Crippen LogP contribution in [0.25, 0.3) is 0 Å². The maximum atomic E-state index is 11.9. The van der Waals surface area contributed by atoms with E-state index in [0.29, 0.717) is 13.1 Å². The molecular formula is C15H30N4O2S. The van der Waals surface area contributed by atoms with Gasteiger partial charge in [0.1, 0.15) is 0 Å². The lowest BCUT2D eigenvalue weighted by Gasteiger charge is -2.32. The van der Waals surface area contributed by atoms with Crippen LogP contribution in [-0.4, -0.2) is 56.7 Å². The van der Waals surface area contributed by atoms with Crippen LogP contribution >= 0.6 is 0 Å². The summed E-state index contributed by atoms with van der Waals surface area (Å²) < 4.78 is 25.3. The monoisotopic (exact) mass is 330 g/mol. The summed E-state index contributed by atoms with van der Waals surface area (Å²) in [5, 5.41) is 6.66. The second-order valence-electron chi connectivity index (χ2n) is 5.34. The van der Waals surface area contributed by atoms with Gasteiger partial charge in [0.05, 0.1) is 5.75 Å². The molecular weight excluding hydrogens is 300 g/mol. The molecule has 1 heterocycles. The Labute approximate surface area is 135 Å². The van der Waals surface area contributed by atoms with Gasteiger partial charge in [-0.15, -0.1) is 0 Å². The Balaban J connectivity index is 2.48. The first-order chi connectivity index (χ1) is 10.5. The van der Waals surface area contributed by atoms with E-state index in [0.717, 1.165) is 38.3 Å². The second kappa shape index (κ2) is 9.84. The number of aliphatic imine (C=N–C) groups is 1. The third kappa shape index (κ3) is 6.36. The van der Waals surface area contributed by atoms with Gasteiger partial charge in [-0.25, -0.2) is 12.7 Å². The van der Waals surface area contributed by atoms with E-state index in [1.807, 2.05) is 19.9 Å². The zero-order valence-electron chi connectivity index (χ0n) is 14.0. The molecule has 0 saturated carbocycles. The van der Waals surface area contributed by atoms with E-state index in [2.05, 4.69) is 21.7 Å². The number of nitrogens with one attached hydrogen (secondary N) is 2. The summed E-state index contributed by atoms with van der Waals surface area (Å²) in [5.41, 5.74) is 0. The van der Waals surface area contributed by atoms with Crippen LogP contribution in [0.1, 0.15) is 40.0 Å². The second-order valence-corrected chi connectivity index (χ2v) is 7.59. The molecule has 0 aromatic heterocycles. The predicted molar refractivity (Wildman–Crippen MR) is 92.6 cm³/mol. The molecule has 1 saturated heterocycles. The number of sulfonamides is 1. The number of guanidine groups is 1. The Kier molecular flexibility index (Phi) is 8.48. The number of hydrogen-bond donors (Lipinski definition) is 2. The first-order valence-corrected chi connectivity index (χ1v) is 9.78. The molecule has 0 aromatic carbocycles. The van der Waals surface area contributed by atoms with Crippen molar-refractivity contribution in [3.05, 3.63) is 12.2 Å². The molecule has 7 heteroatoms. The number of rotatable bonds is 7. The zero-order valence-corrected chi connectivity index (χ0v) is 14.8. The summed E-state index contributed by atoms with van der Waals surface area (Å²) in [5.74, 6) is 1.00. The highest BCUT2D eigenvalue weighted by Gasteiger charge is 2.26. The minimum Gasteiger partial charge on any atom is -0.357 e. The van der Waals surface area contributed by atoms with Gasteiger partial charge in [-0.1, -0.05) is 12.2 Å². The van der Waals surface area contributed by atoms with Gasteiger partial charge in [-0.05, 0) is 40.0 Å². The fourth-order valence-corrected chi connectivity index (χ4v) is 3.52. The van der Waals surface area contributed by atoms with E-state index < -0.39 is 10.0 Å². The molecule has 0 amide bonds. The van der Waals surface area contributed by atoms with E-state index in [9.17, 15) is 8.42 Å². The first-order valence-electron chi connectivity index (χ1n) is 8.17. The zero-order chi connectivity index (χ0) is 16.4. The smallest absolute Gasteiger partial charge is 0.213 e. The van der Waals surface area contributed by atoms with Gasteiger partial charge >= 0.3 is 0 Å². The Morgan fingerprint density at radius 1 is 1.32 bits per heavy atom. The summed E-state index contributed by atoms with van der Waals surface area (Å²) >= 11 is 0. The summed E-state index contributed by atoms with van der Waals surface area (Å²) in [6, 6.07) is 0.280. The lowest BCUT2D eigenvalue weighted by Crippen LogP contribution is -2.50. The lowest BCUT2D eigenvalue weighted by atomic mass is 10.1. The molecule has 2 N–H and O–H groups in total. The van der Waals surface area contributed by atoms with Crippen LogP contribution in [0.4, 0.5) is 0 Å². The van der Waals surface area contributed by atoms with Gasteiger partial charge < -0.3 is 10.6 Å². The van der Waals surface area contributed by atoms with Crippen LogP contribution in [0.2, 0.25) is 0 Å². The van der Waals surface area contributed by atoms with E-state index >= 15 is 0 Å². The van der Waals surface area contributed by atoms with Gasteiger partial charge in [0, 0.05) is 32.2 Å². The van der Waals surface area contributed by atoms with E-state index in [1.54, 1.807) is 11.2 Å². The Morgan fingerprint density at radius 2 is 2.00 bits per heavy atom. The van der Waals surface area contributed by atoms with Crippen molar-refractivity contribution in [3.8, 4) is 0 Å². The first kappa shape index (κ1) is 19.0. The SMILES string of the molecule is C/C=C/CCN=C(NCC)NC1CCN(S(=O)(=O)CC)CC1. The average Bonchev–Trinajstić information content (AvgIpc) is 2.52. The number of nitrogens with zero attached hydrogens (tertiary/aromatic N) is 2. The largest absolute Gasteiger partial charge is 0.357 e. The standard InChI is InChI=1S/C15H30N4O2S/c1-4-7-8-11-17-15(16-5-2)18-14-9-12-19(13-10-14)22(20,21)6-3/h4,7,14H,5-6,8-13H2,1-3H3,(H2,16,17,18)/b7-4+. The molecule has 128 valence electrons. The highest BCUT2D eigenvalue weighted by atomic mass is 32.2.